The number of hydrogen-bond acceptors (Lipinski definition) is 3. The highest BCUT2D eigenvalue weighted by Gasteiger charge is 2.38. The van der Waals surface area contributed by atoms with Crippen molar-refractivity contribution in [3.8, 4) is 0 Å². The molecule has 0 aromatic carbocycles. The number of carbonyl (C=O) groups is 1. The van der Waals surface area contributed by atoms with E-state index >= 15 is 0 Å². The zero-order valence-corrected chi connectivity index (χ0v) is 8.95. The van der Waals surface area contributed by atoms with E-state index in [9.17, 15) is 4.79 Å². The smallest absolute Gasteiger partial charge is 0.306 e. The first-order chi connectivity index (χ1) is 6.41. The molecule has 0 bridgehead atoms. The predicted molar refractivity (Wildman–Crippen MR) is 50.9 cm³/mol. The van der Waals surface area contributed by atoms with Crippen molar-refractivity contribution in [1.29, 1.82) is 0 Å². The topological polar surface area (TPSA) is 55.8 Å². The van der Waals surface area contributed by atoms with E-state index in [-0.39, 0.29) is 12.5 Å². The van der Waals surface area contributed by atoms with Crippen LogP contribution < -0.4 is 0 Å². The molecule has 14 heavy (non-hydrogen) atoms. The normalized spacial score (nSPS) is 32.4. The summed E-state index contributed by atoms with van der Waals surface area (Å²) in [6.07, 6.45) is 0.521. The van der Waals surface area contributed by atoms with Crippen LogP contribution in [-0.2, 0) is 14.3 Å². The molecule has 4 nitrogen and oxygen atoms in total. The fourth-order valence-electron chi connectivity index (χ4n) is 1.83. The zero-order valence-electron chi connectivity index (χ0n) is 8.95. The molecule has 4 heteroatoms. The Labute approximate surface area is 84.2 Å². The minimum absolute atomic E-state index is 0.0215. The molecular formula is C10H18O4. The molecule has 0 saturated carbocycles. The highest BCUT2D eigenvalue weighted by atomic mass is 16.7. The third kappa shape index (κ3) is 3.27. The van der Waals surface area contributed by atoms with Crippen LogP contribution in [0.1, 0.15) is 33.6 Å². The van der Waals surface area contributed by atoms with Crippen LogP contribution in [0.25, 0.3) is 0 Å². The van der Waals surface area contributed by atoms with Crippen molar-refractivity contribution >= 4 is 5.97 Å². The number of ether oxygens (including phenoxy) is 2. The summed E-state index contributed by atoms with van der Waals surface area (Å²) in [5.74, 6) is -0.954. The van der Waals surface area contributed by atoms with Crippen LogP contribution in [0, 0.1) is 5.92 Å². The standard InChI is InChI=1S/C10H18O4/c1-7(2)5-10(3)13-6-8(14-10)4-9(11)12/h7-8H,4-6H2,1-3H3,(H,11,12). The Balaban J connectivity index is 2.42. The Bertz CT molecular complexity index is 214. The molecule has 0 aromatic rings. The maximum Gasteiger partial charge on any atom is 0.306 e. The van der Waals surface area contributed by atoms with Crippen LogP contribution >= 0.6 is 0 Å². The Morgan fingerprint density at radius 2 is 2.29 bits per heavy atom. The van der Waals surface area contributed by atoms with Gasteiger partial charge in [0.1, 0.15) is 0 Å². The van der Waals surface area contributed by atoms with E-state index in [1.807, 2.05) is 6.92 Å². The summed E-state index contributed by atoms with van der Waals surface area (Å²) in [4.78, 5) is 10.5. The van der Waals surface area contributed by atoms with Gasteiger partial charge in [-0.2, -0.15) is 0 Å². The Morgan fingerprint density at radius 1 is 1.64 bits per heavy atom. The van der Waals surface area contributed by atoms with E-state index in [0.717, 1.165) is 6.42 Å². The molecule has 1 aliphatic heterocycles. The second kappa shape index (κ2) is 4.28. The third-order valence-electron chi connectivity index (χ3n) is 2.17. The average molecular weight is 202 g/mol. The maximum absolute atomic E-state index is 10.5. The van der Waals surface area contributed by atoms with Gasteiger partial charge in [0.05, 0.1) is 19.1 Å². The van der Waals surface area contributed by atoms with Gasteiger partial charge >= 0.3 is 5.97 Å². The van der Waals surface area contributed by atoms with Crippen LogP contribution in [0.15, 0.2) is 0 Å². The van der Waals surface area contributed by atoms with E-state index in [4.69, 9.17) is 14.6 Å². The number of carboxylic acid groups (broad SMARTS) is 1. The van der Waals surface area contributed by atoms with Gasteiger partial charge in [-0.15, -0.1) is 0 Å². The summed E-state index contributed by atoms with van der Waals surface area (Å²) in [5.41, 5.74) is 0. The number of rotatable bonds is 4. The number of aliphatic carboxylic acids is 1. The fourth-order valence-corrected chi connectivity index (χ4v) is 1.83. The van der Waals surface area contributed by atoms with Gasteiger partial charge in [0.25, 0.3) is 0 Å². The van der Waals surface area contributed by atoms with E-state index < -0.39 is 11.8 Å². The molecule has 1 saturated heterocycles. The third-order valence-corrected chi connectivity index (χ3v) is 2.17. The minimum Gasteiger partial charge on any atom is -0.481 e. The molecule has 0 spiro atoms. The highest BCUT2D eigenvalue weighted by Crippen LogP contribution is 2.30. The lowest BCUT2D eigenvalue weighted by Crippen LogP contribution is -2.29. The molecule has 0 amide bonds. The van der Waals surface area contributed by atoms with E-state index in [2.05, 4.69) is 13.8 Å². The monoisotopic (exact) mass is 202 g/mol. The first kappa shape index (κ1) is 11.5. The van der Waals surface area contributed by atoms with E-state index in [0.29, 0.717) is 12.5 Å². The van der Waals surface area contributed by atoms with Gasteiger partial charge in [0, 0.05) is 6.42 Å². The fraction of sp³-hybridized carbons (Fsp3) is 0.900. The number of hydrogen-bond donors (Lipinski definition) is 1. The molecule has 1 N–H and O–H groups in total. The van der Waals surface area contributed by atoms with Gasteiger partial charge in [0.15, 0.2) is 5.79 Å². The summed E-state index contributed by atoms with van der Waals surface area (Å²) in [7, 11) is 0. The quantitative estimate of drug-likeness (QED) is 0.753. The van der Waals surface area contributed by atoms with Gasteiger partial charge < -0.3 is 14.6 Å². The van der Waals surface area contributed by atoms with Crippen molar-refractivity contribution in [3.05, 3.63) is 0 Å². The Kier molecular flexibility index (Phi) is 3.50. The van der Waals surface area contributed by atoms with Crippen LogP contribution in [0.5, 0.6) is 0 Å². The van der Waals surface area contributed by atoms with Crippen molar-refractivity contribution in [2.75, 3.05) is 6.61 Å². The largest absolute Gasteiger partial charge is 0.481 e. The lowest BCUT2D eigenvalue weighted by Gasteiger charge is -2.24. The zero-order chi connectivity index (χ0) is 10.8. The molecule has 0 aliphatic carbocycles. The van der Waals surface area contributed by atoms with Crippen LogP contribution in [0.2, 0.25) is 0 Å². The van der Waals surface area contributed by atoms with E-state index in [1.165, 1.54) is 0 Å². The Hall–Kier alpha value is -0.610. The van der Waals surface area contributed by atoms with Crippen molar-refractivity contribution in [2.24, 2.45) is 5.92 Å². The second-order valence-corrected chi connectivity index (χ2v) is 4.38. The molecule has 1 rings (SSSR count). The van der Waals surface area contributed by atoms with Crippen molar-refractivity contribution in [3.63, 3.8) is 0 Å². The lowest BCUT2D eigenvalue weighted by molar-refractivity contribution is -0.167. The van der Waals surface area contributed by atoms with Crippen molar-refractivity contribution < 1.29 is 19.4 Å². The Morgan fingerprint density at radius 3 is 2.79 bits per heavy atom. The highest BCUT2D eigenvalue weighted by molar-refractivity contribution is 5.67. The molecule has 2 atom stereocenters. The molecule has 0 aromatic heterocycles. The maximum atomic E-state index is 10.5. The molecule has 82 valence electrons. The van der Waals surface area contributed by atoms with Crippen molar-refractivity contribution in [2.45, 2.75) is 45.5 Å². The summed E-state index contributed by atoms with van der Waals surface area (Å²) in [6.45, 7) is 6.43. The summed E-state index contributed by atoms with van der Waals surface area (Å²) >= 11 is 0. The molecular weight excluding hydrogens is 184 g/mol. The predicted octanol–water partition coefficient (Wildman–Crippen LogP) is 1.64. The van der Waals surface area contributed by atoms with Gasteiger partial charge in [-0.05, 0) is 12.8 Å². The molecule has 1 fully saturated rings. The lowest BCUT2D eigenvalue weighted by atomic mass is 10.0. The van der Waals surface area contributed by atoms with Gasteiger partial charge in [-0.1, -0.05) is 13.8 Å². The summed E-state index contributed by atoms with van der Waals surface area (Å²) in [6, 6.07) is 0. The van der Waals surface area contributed by atoms with Gasteiger partial charge in [-0.25, -0.2) is 0 Å². The second-order valence-electron chi connectivity index (χ2n) is 4.38. The average Bonchev–Trinajstić information content (AvgIpc) is 2.28. The first-order valence-corrected chi connectivity index (χ1v) is 4.95. The van der Waals surface area contributed by atoms with E-state index in [1.54, 1.807) is 0 Å². The van der Waals surface area contributed by atoms with Crippen LogP contribution in [-0.4, -0.2) is 29.6 Å². The van der Waals surface area contributed by atoms with Crippen LogP contribution in [0.3, 0.4) is 0 Å². The molecule has 2 unspecified atom stereocenters. The number of carboxylic acids is 1. The van der Waals surface area contributed by atoms with Gasteiger partial charge in [0.2, 0.25) is 0 Å². The van der Waals surface area contributed by atoms with Gasteiger partial charge in [-0.3, -0.25) is 4.79 Å². The molecule has 0 radical (unpaired) electrons. The minimum atomic E-state index is -0.840. The summed E-state index contributed by atoms with van der Waals surface area (Å²) < 4.78 is 11.0. The van der Waals surface area contributed by atoms with Crippen LogP contribution in [0.4, 0.5) is 0 Å². The van der Waals surface area contributed by atoms with Crippen molar-refractivity contribution in [1.82, 2.24) is 0 Å². The molecule has 1 heterocycles. The summed E-state index contributed by atoms with van der Waals surface area (Å²) in [5, 5.41) is 8.59. The SMILES string of the molecule is CC(C)CC1(C)OCC(CC(=O)O)O1. The molecule has 1 aliphatic rings. The first-order valence-electron chi connectivity index (χ1n) is 4.95.